The third-order valence-corrected chi connectivity index (χ3v) is 7.14. The van der Waals surface area contributed by atoms with E-state index < -0.39 is 0 Å². The van der Waals surface area contributed by atoms with Crippen molar-refractivity contribution in [2.24, 2.45) is 0 Å². The van der Waals surface area contributed by atoms with E-state index in [-0.39, 0.29) is 16.8 Å². The molecule has 2 saturated heterocycles. The van der Waals surface area contributed by atoms with Crippen LogP contribution in [0.15, 0.2) is 36.7 Å². The highest BCUT2D eigenvalue weighted by Gasteiger charge is 2.51. The van der Waals surface area contributed by atoms with Crippen molar-refractivity contribution in [1.82, 2.24) is 9.88 Å². The summed E-state index contributed by atoms with van der Waals surface area (Å²) in [6, 6.07) is 7.93. The monoisotopic (exact) mass is 360 g/mol. The Morgan fingerprint density at radius 2 is 2.29 bits per heavy atom. The van der Waals surface area contributed by atoms with E-state index in [2.05, 4.69) is 4.98 Å². The standard InChI is InChI=1S/C18H20N2O2S2/c1-13-4-5-16(24-13)17(21)20-11-18(12-20)7-15(10-23-18)22-9-14-3-2-6-19-8-14/h2-6,8,15H,7,9-12H2,1H3. The highest BCUT2D eigenvalue weighted by Crippen LogP contribution is 2.46. The van der Waals surface area contributed by atoms with Crippen molar-refractivity contribution >= 4 is 29.0 Å². The topological polar surface area (TPSA) is 42.4 Å². The maximum absolute atomic E-state index is 12.5. The minimum atomic E-state index is 0.180. The lowest BCUT2D eigenvalue weighted by Crippen LogP contribution is -2.60. The van der Waals surface area contributed by atoms with Crippen LogP contribution >= 0.6 is 23.1 Å². The van der Waals surface area contributed by atoms with Crippen LogP contribution in [-0.2, 0) is 11.3 Å². The molecule has 2 aromatic rings. The Labute approximate surface area is 150 Å². The van der Waals surface area contributed by atoms with Crippen molar-refractivity contribution in [3.63, 3.8) is 0 Å². The second-order valence-corrected chi connectivity index (χ2v) is 9.34. The number of amides is 1. The van der Waals surface area contributed by atoms with Gasteiger partial charge in [0.25, 0.3) is 5.91 Å². The number of aryl methyl sites for hydroxylation is 1. The van der Waals surface area contributed by atoms with Gasteiger partial charge in [0, 0.05) is 36.1 Å². The fraction of sp³-hybridized carbons (Fsp3) is 0.444. The molecule has 0 saturated carbocycles. The maximum atomic E-state index is 12.5. The lowest BCUT2D eigenvalue weighted by atomic mass is 9.92. The van der Waals surface area contributed by atoms with Crippen molar-refractivity contribution in [3.05, 3.63) is 52.0 Å². The Balaban J connectivity index is 1.28. The van der Waals surface area contributed by atoms with Gasteiger partial charge >= 0.3 is 0 Å². The molecule has 6 heteroatoms. The molecule has 2 fully saturated rings. The normalized spacial score (nSPS) is 21.9. The van der Waals surface area contributed by atoms with Crippen LogP contribution in [0.2, 0.25) is 0 Å². The Morgan fingerprint density at radius 1 is 1.42 bits per heavy atom. The zero-order valence-corrected chi connectivity index (χ0v) is 15.2. The molecule has 0 aromatic carbocycles. The summed E-state index contributed by atoms with van der Waals surface area (Å²) in [6.07, 6.45) is 4.94. The van der Waals surface area contributed by atoms with Crippen molar-refractivity contribution in [1.29, 1.82) is 0 Å². The molecule has 1 amide bonds. The zero-order chi connectivity index (χ0) is 16.6. The molecular weight excluding hydrogens is 340 g/mol. The first-order chi connectivity index (χ1) is 11.6. The summed E-state index contributed by atoms with van der Waals surface area (Å²) in [5, 5.41) is 0. The highest BCUT2D eigenvalue weighted by molar-refractivity contribution is 8.01. The molecule has 2 aliphatic heterocycles. The average Bonchev–Trinajstić information content (AvgIpc) is 3.18. The number of nitrogens with zero attached hydrogens (tertiary/aromatic N) is 2. The fourth-order valence-electron chi connectivity index (χ4n) is 3.33. The summed E-state index contributed by atoms with van der Waals surface area (Å²) in [5.41, 5.74) is 1.11. The van der Waals surface area contributed by atoms with Crippen LogP contribution in [0.25, 0.3) is 0 Å². The summed E-state index contributed by atoms with van der Waals surface area (Å²) < 4.78 is 6.25. The SMILES string of the molecule is Cc1ccc(C(=O)N2CC3(CC(OCc4cccnc4)CS3)C2)s1. The molecule has 1 atom stereocenters. The number of rotatable bonds is 4. The summed E-state index contributed by atoms with van der Waals surface area (Å²) in [7, 11) is 0. The first-order valence-corrected chi connectivity index (χ1v) is 9.94. The number of thioether (sulfide) groups is 1. The molecule has 0 radical (unpaired) electrons. The summed E-state index contributed by atoms with van der Waals surface area (Å²) in [6.45, 7) is 4.35. The molecule has 1 unspecified atom stereocenters. The lowest BCUT2D eigenvalue weighted by molar-refractivity contribution is 0.0256. The number of pyridine rings is 1. The molecule has 4 heterocycles. The van der Waals surface area contributed by atoms with Gasteiger partial charge in [0.15, 0.2) is 0 Å². The molecule has 1 spiro atoms. The predicted molar refractivity (Wildman–Crippen MR) is 97.6 cm³/mol. The van der Waals surface area contributed by atoms with Gasteiger partial charge in [0.1, 0.15) is 0 Å². The van der Waals surface area contributed by atoms with Crippen LogP contribution in [0.5, 0.6) is 0 Å². The summed E-state index contributed by atoms with van der Waals surface area (Å²) in [4.78, 5) is 20.6. The maximum Gasteiger partial charge on any atom is 0.264 e. The van der Waals surface area contributed by atoms with Gasteiger partial charge in [0.2, 0.25) is 0 Å². The van der Waals surface area contributed by atoms with E-state index >= 15 is 0 Å². The molecule has 4 rings (SSSR count). The van der Waals surface area contributed by atoms with E-state index in [0.717, 1.165) is 35.7 Å². The van der Waals surface area contributed by atoms with E-state index in [1.54, 1.807) is 17.5 Å². The Kier molecular flexibility index (Phi) is 4.37. The van der Waals surface area contributed by atoms with Crippen molar-refractivity contribution in [3.8, 4) is 0 Å². The highest BCUT2D eigenvalue weighted by atomic mass is 32.2. The van der Waals surface area contributed by atoms with Gasteiger partial charge in [0.05, 0.1) is 22.3 Å². The fourth-order valence-corrected chi connectivity index (χ4v) is 5.71. The van der Waals surface area contributed by atoms with E-state index in [1.807, 2.05) is 54.0 Å². The number of carbonyl (C=O) groups excluding carboxylic acids is 1. The number of thiophene rings is 1. The minimum absolute atomic E-state index is 0.180. The van der Waals surface area contributed by atoms with Crippen LogP contribution in [0.3, 0.4) is 0 Å². The predicted octanol–water partition coefficient (Wildman–Crippen LogP) is 3.37. The Morgan fingerprint density at radius 3 is 3.00 bits per heavy atom. The van der Waals surface area contributed by atoms with Crippen LogP contribution in [-0.4, -0.2) is 45.5 Å². The Hall–Kier alpha value is -1.37. The van der Waals surface area contributed by atoms with Gasteiger partial charge in [-0.15, -0.1) is 23.1 Å². The van der Waals surface area contributed by atoms with Gasteiger partial charge in [-0.25, -0.2) is 0 Å². The van der Waals surface area contributed by atoms with E-state index in [1.165, 1.54) is 4.88 Å². The summed E-state index contributed by atoms with van der Waals surface area (Å²) >= 11 is 3.55. The van der Waals surface area contributed by atoms with Gasteiger partial charge in [-0.05, 0) is 37.1 Å². The smallest absolute Gasteiger partial charge is 0.264 e. The number of ether oxygens (including phenoxy) is 1. The van der Waals surface area contributed by atoms with Gasteiger partial charge in [-0.2, -0.15) is 0 Å². The molecule has 24 heavy (non-hydrogen) atoms. The van der Waals surface area contributed by atoms with Gasteiger partial charge in [-0.3, -0.25) is 9.78 Å². The molecular formula is C18H20N2O2S2. The molecule has 0 aliphatic carbocycles. The largest absolute Gasteiger partial charge is 0.373 e. The van der Waals surface area contributed by atoms with Crippen molar-refractivity contribution < 1.29 is 9.53 Å². The number of carbonyl (C=O) groups is 1. The summed E-state index contributed by atoms with van der Waals surface area (Å²) in [5.74, 6) is 1.19. The number of aromatic nitrogens is 1. The van der Waals surface area contributed by atoms with Gasteiger partial charge < -0.3 is 9.64 Å². The molecule has 4 nitrogen and oxygen atoms in total. The third-order valence-electron chi connectivity index (χ3n) is 4.58. The van der Waals surface area contributed by atoms with E-state index in [0.29, 0.717) is 6.61 Å². The minimum Gasteiger partial charge on any atom is -0.373 e. The zero-order valence-electron chi connectivity index (χ0n) is 13.6. The average molecular weight is 361 g/mol. The van der Waals surface area contributed by atoms with Crippen molar-refractivity contribution in [2.75, 3.05) is 18.8 Å². The number of hydrogen-bond donors (Lipinski definition) is 0. The lowest BCUT2D eigenvalue weighted by Gasteiger charge is -2.47. The van der Waals surface area contributed by atoms with E-state index in [4.69, 9.17) is 4.74 Å². The number of hydrogen-bond acceptors (Lipinski definition) is 5. The number of likely N-dealkylation sites (tertiary alicyclic amines) is 1. The van der Waals surface area contributed by atoms with Crippen LogP contribution in [0.1, 0.15) is 26.5 Å². The van der Waals surface area contributed by atoms with Crippen LogP contribution < -0.4 is 0 Å². The molecule has 2 aliphatic rings. The first kappa shape index (κ1) is 16.1. The third kappa shape index (κ3) is 3.23. The Bertz CT molecular complexity index is 726. The van der Waals surface area contributed by atoms with Gasteiger partial charge in [-0.1, -0.05) is 6.07 Å². The van der Waals surface area contributed by atoms with Crippen molar-refractivity contribution in [2.45, 2.75) is 30.8 Å². The second kappa shape index (κ2) is 6.50. The second-order valence-electron chi connectivity index (χ2n) is 6.56. The van der Waals surface area contributed by atoms with Crippen LogP contribution in [0.4, 0.5) is 0 Å². The molecule has 2 aromatic heterocycles. The molecule has 0 bridgehead atoms. The molecule has 126 valence electrons. The first-order valence-electron chi connectivity index (χ1n) is 8.14. The van der Waals surface area contributed by atoms with E-state index in [9.17, 15) is 4.79 Å². The quantitative estimate of drug-likeness (QED) is 0.838. The molecule has 0 N–H and O–H groups in total. The van der Waals surface area contributed by atoms with Crippen LogP contribution in [0, 0.1) is 6.92 Å².